The third-order valence-electron chi connectivity index (χ3n) is 3.92. The van der Waals surface area contributed by atoms with Gasteiger partial charge in [-0.1, -0.05) is 18.7 Å². The summed E-state index contributed by atoms with van der Waals surface area (Å²) in [5, 5.41) is 17.3. The standard InChI is InChI=1S/C17H20N6O2/c1-3-15(24)19-13-6-4-5-12(9-13)10-16(25)18-11(2)17-20-21-22-23(17)14-7-8-14/h3-6,9,11,14H,1,7-8,10H2,2H3,(H,18,25)(H,19,24). The van der Waals surface area contributed by atoms with Crippen molar-refractivity contribution in [3.8, 4) is 0 Å². The summed E-state index contributed by atoms with van der Waals surface area (Å²) in [4.78, 5) is 23.7. The van der Waals surface area contributed by atoms with Crippen molar-refractivity contribution in [1.29, 1.82) is 0 Å². The molecule has 1 fully saturated rings. The number of anilines is 1. The van der Waals surface area contributed by atoms with E-state index in [1.807, 2.05) is 13.0 Å². The Kier molecular flexibility index (Phi) is 4.87. The Bertz CT molecular complexity index is 796. The molecule has 1 unspecified atom stereocenters. The average molecular weight is 340 g/mol. The molecule has 0 spiro atoms. The number of carbonyl (C=O) groups is 2. The van der Waals surface area contributed by atoms with Crippen molar-refractivity contribution in [2.45, 2.75) is 38.3 Å². The summed E-state index contributed by atoms with van der Waals surface area (Å²) in [6, 6.07) is 7.23. The summed E-state index contributed by atoms with van der Waals surface area (Å²) in [5.41, 5.74) is 1.43. The van der Waals surface area contributed by atoms with Crippen LogP contribution in [0.5, 0.6) is 0 Å². The van der Waals surface area contributed by atoms with Crippen molar-refractivity contribution >= 4 is 17.5 Å². The summed E-state index contributed by atoms with van der Waals surface area (Å²) in [6.45, 7) is 5.28. The van der Waals surface area contributed by atoms with E-state index >= 15 is 0 Å². The highest BCUT2D eigenvalue weighted by Crippen LogP contribution is 2.35. The molecule has 2 amide bonds. The first-order chi connectivity index (χ1) is 12.1. The number of amides is 2. The molecule has 2 N–H and O–H groups in total. The molecule has 1 aromatic carbocycles. The second kappa shape index (κ2) is 7.25. The lowest BCUT2D eigenvalue weighted by molar-refractivity contribution is -0.121. The molecular weight excluding hydrogens is 320 g/mol. The van der Waals surface area contributed by atoms with E-state index in [4.69, 9.17) is 0 Å². The Labute approximate surface area is 145 Å². The molecule has 0 aliphatic heterocycles. The lowest BCUT2D eigenvalue weighted by Gasteiger charge is -2.13. The van der Waals surface area contributed by atoms with Crippen LogP contribution >= 0.6 is 0 Å². The number of nitrogens with one attached hydrogen (secondary N) is 2. The summed E-state index contributed by atoms with van der Waals surface area (Å²) in [7, 11) is 0. The van der Waals surface area contributed by atoms with Gasteiger partial charge in [-0.25, -0.2) is 4.68 Å². The van der Waals surface area contributed by atoms with Crippen LogP contribution in [-0.2, 0) is 16.0 Å². The maximum absolute atomic E-state index is 12.3. The lowest BCUT2D eigenvalue weighted by Crippen LogP contribution is -2.30. The van der Waals surface area contributed by atoms with Crippen LogP contribution in [0.3, 0.4) is 0 Å². The lowest BCUT2D eigenvalue weighted by atomic mass is 10.1. The van der Waals surface area contributed by atoms with Gasteiger partial charge in [0.15, 0.2) is 5.82 Å². The largest absolute Gasteiger partial charge is 0.346 e. The van der Waals surface area contributed by atoms with Crippen molar-refractivity contribution in [2.75, 3.05) is 5.32 Å². The quantitative estimate of drug-likeness (QED) is 0.745. The van der Waals surface area contributed by atoms with Gasteiger partial charge in [-0.2, -0.15) is 0 Å². The average Bonchev–Trinajstić information content (AvgIpc) is 3.31. The van der Waals surface area contributed by atoms with Gasteiger partial charge >= 0.3 is 0 Å². The van der Waals surface area contributed by atoms with Crippen molar-refractivity contribution in [3.05, 3.63) is 48.3 Å². The molecule has 8 nitrogen and oxygen atoms in total. The molecule has 1 aliphatic carbocycles. The fourth-order valence-corrected chi connectivity index (χ4v) is 2.56. The van der Waals surface area contributed by atoms with Crippen molar-refractivity contribution < 1.29 is 9.59 Å². The number of hydrogen-bond donors (Lipinski definition) is 2. The summed E-state index contributed by atoms with van der Waals surface area (Å²) in [5.74, 6) is 0.245. The van der Waals surface area contributed by atoms with Gasteiger partial charge in [-0.05, 0) is 54.0 Å². The van der Waals surface area contributed by atoms with E-state index in [0.29, 0.717) is 17.6 Å². The fourth-order valence-electron chi connectivity index (χ4n) is 2.56. The van der Waals surface area contributed by atoms with Crippen molar-refractivity contribution in [3.63, 3.8) is 0 Å². The minimum Gasteiger partial charge on any atom is -0.346 e. The van der Waals surface area contributed by atoms with Crippen LogP contribution in [0.1, 0.15) is 43.2 Å². The molecule has 8 heteroatoms. The van der Waals surface area contributed by atoms with E-state index in [1.165, 1.54) is 6.08 Å². The first-order valence-electron chi connectivity index (χ1n) is 8.16. The molecule has 3 rings (SSSR count). The van der Waals surface area contributed by atoms with E-state index in [1.54, 1.807) is 22.9 Å². The van der Waals surface area contributed by atoms with Crippen LogP contribution in [0, 0.1) is 0 Å². The first-order valence-corrected chi connectivity index (χ1v) is 8.16. The van der Waals surface area contributed by atoms with Gasteiger partial charge in [0, 0.05) is 5.69 Å². The topological polar surface area (TPSA) is 102 Å². The van der Waals surface area contributed by atoms with Crippen molar-refractivity contribution in [1.82, 2.24) is 25.5 Å². The summed E-state index contributed by atoms with van der Waals surface area (Å²) in [6.07, 6.45) is 3.54. The highest BCUT2D eigenvalue weighted by molar-refractivity contribution is 5.98. The predicted octanol–water partition coefficient (Wildman–Crippen LogP) is 1.55. The first kappa shape index (κ1) is 16.8. The molecular formula is C17H20N6O2. The third kappa shape index (κ3) is 4.28. The number of benzene rings is 1. The van der Waals surface area contributed by atoms with Crippen LogP contribution in [-0.4, -0.2) is 32.0 Å². The Morgan fingerprint density at radius 2 is 2.24 bits per heavy atom. The predicted molar refractivity (Wildman–Crippen MR) is 91.6 cm³/mol. The summed E-state index contributed by atoms with van der Waals surface area (Å²) < 4.78 is 1.79. The third-order valence-corrected chi connectivity index (χ3v) is 3.92. The molecule has 1 heterocycles. The Balaban J connectivity index is 1.60. The van der Waals surface area contributed by atoms with Crippen LogP contribution in [0.15, 0.2) is 36.9 Å². The summed E-state index contributed by atoms with van der Waals surface area (Å²) >= 11 is 0. The van der Waals surface area contributed by atoms with E-state index < -0.39 is 0 Å². The van der Waals surface area contributed by atoms with Crippen LogP contribution < -0.4 is 10.6 Å². The van der Waals surface area contributed by atoms with Crippen LogP contribution in [0.2, 0.25) is 0 Å². The maximum Gasteiger partial charge on any atom is 0.247 e. The fraction of sp³-hybridized carbons (Fsp3) is 0.353. The molecule has 0 bridgehead atoms. The zero-order valence-corrected chi connectivity index (χ0v) is 14.0. The molecule has 0 radical (unpaired) electrons. The molecule has 1 saturated carbocycles. The number of carbonyl (C=O) groups excluding carboxylic acids is 2. The molecule has 130 valence electrons. The minimum atomic E-state index is -0.290. The minimum absolute atomic E-state index is 0.134. The van der Waals surface area contributed by atoms with E-state index in [9.17, 15) is 9.59 Å². The van der Waals surface area contributed by atoms with Gasteiger partial charge in [0.05, 0.1) is 18.5 Å². The second-order valence-corrected chi connectivity index (χ2v) is 6.07. The van der Waals surface area contributed by atoms with Gasteiger partial charge < -0.3 is 10.6 Å². The maximum atomic E-state index is 12.3. The number of tetrazole rings is 1. The van der Waals surface area contributed by atoms with Gasteiger partial charge in [0.25, 0.3) is 0 Å². The molecule has 1 aliphatic rings. The molecule has 0 saturated heterocycles. The van der Waals surface area contributed by atoms with Crippen LogP contribution in [0.4, 0.5) is 5.69 Å². The van der Waals surface area contributed by atoms with E-state index in [2.05, 4.69) is 32.7 Å². The number of rotatable bonds is 7. The molecule has 2 aromatic rings. The Morgan fingerprint density at radius 1 is 1.44 bits per heavy atom. The zero-order chi connectivity index (χ0) is 17.8. The monoisotopic (exact) mass is 340 g/mol. The van der Waals surface area contributed by atoms with Gasteiger partial charge in [0.2, 0.25) is 11.8 Å². The van der Waals surface area contributed by atoms with Gasteiger partial charge in [-0.3, -0.25) is 9.59 Å². The van der Waals surface area contributed by atoms with Crippen LogP contribution in [0.25, 0.3) is 0 Å². The molecule has 1 aromatic heterocycles. The van der Waals surface area contributed by atoms with Crippen molar-refractivity contribution in [2.24, 2.45) is 0 Å². The van der Waals surface area contributed by atoms with Gasteiger partial charge in [0.1, 0.15) is 0 Å². The highest BCUT2D eigenvalue weighted by atomic mass is 16.2. The smallest absolute Gasteiger partial charge is 0.247 e. The Hall–Kier alpha value is -3.03. The van der Waals surface area contributed by atoms with E-state index in [0.717, 1.165) is 18.4 Å². The SMILES string of the molecule is C=CC(=O)Nc1cccc(CC(=O)NC(C)c2nnnn2C2CC2)c1. The normalized spacial score (nSPS) is 14.6. The molecule has 1 atom stereocenters. The van der Waals surface area contributed by atoms with E-state index in [-0.39, 0.29) is 24.3 Å². The second-order valence-electron chi connectivity index (χ2n) is 6.07. The highest BCUT2D eigenvalue weighted by Gasteiger charge is 2.29. The van der Waals surface area contributed by atoms with Gasteiger partial charge in [-0.15, -0.1) is 5.10 Å². The zero-order valence-electron chi connectivity index (χ0n) is 14.0. The number of hydrogen-bond acceptors (Lipinski definition) is 5. The Morgan fingerprint density at radius 3 is 2.96 bits per heavy atom. The number of nitrogens with zero attached hydrogens (tertiary/aromatic N) is 4. The molecule has 25 heavy (non-hydrogen) atoms. The number of aromatic nitrogens is 4.